The summed E-state index contributed by atoms with van der Waals surface area (Å²) in [6, 6.07) is 15.7. The number of hydrogen-bond donors (Lipinski definition) is 1. The van der Waals surface area contributed by atoms with Crippen molar-refractivity contribution in [3.63, 3.8) is 0 Å². The standard InChI is InChI=1S/C21H17BrF2N2O3S/c1-26(13-15-4-2-3-5-18(15)22)21(27)14-6-8-16(9-7-14)25-30(28,29)17-10-11-19(23)20(24)12-17/h2-12,25H,13H2,1H3. The molecule has 0 fully saturated rings. The van der Waals surface area contributed by atoms with Gasteiger partial charge >= 0.3 is 0 Å². The van der Waals surface area contributed by atoms with Crippen molar-refractivity contribution in [2.24, 2.45) is 0 Å². The number of carbonyl (C=O) groups excluding carboxylic acids is 1. The van der Waals surface area contributed by atoms with Gasteiger partial charge in [-0.3, -0.25) is 9.52 Å². The third kappa shape index (κ3) is 5.03. The van der Waals surface area contributed by atoms with Crippen molar-refractivity contribution in [3.05, 3.63) is 94.0 Å². The highest BCUT2D eigenvalue weighted by Crippen LogP contribution is 2.21. The third-order valence-corrected chi connectivity index (χ3v) is 6.45. The van der Waals surface area contributed by atoms with Crippen LogP contribution in [0.1, 0.15) is 15.9 Å². The van der Waals surface area contributed by atoms with E-state index in [1.54, 1.807) is 11.9 Å². The van der Waals surface area contributed by atoms with Crippen molar-refractivity contribution in [1.82, 2.24) is 4.90 Å². The topological polar surface area (TPSA) is 66.5 Å². The van der Waals surface area contributed by atoms with Gasteiger partial charge in [0.1, 0.15) is 0 Å². The van der Waals surface area contributed by atoms with Crippen molar-refractivity contribution in [2.75, 3.05) is 11.8 Å². The molecule has 0 aliphatic carbocycles. The number of hydrogen-bond acceptors (Lipinski definition) is 3. The van der Waals surface area contributed by atoms with E-state index in [1.165, 1.54) is 24.3 Å². The second kappa shape index (κ2) is 8.93. The van der Waals surface area contributed by atoms with Gasteiger partial charge in [0.2, 0.25) is 0 Å². The molecular formula is C21H17BrF2N2O3S. The van der Waals surface area contributed by atoms with E-state index in [0.29, 0.717) is 18.2 Å². The van der Waals surface area contributed by atoms with E-state index in [0.717, 1.165) is 22.2 Å². The lowest BCUT2D eigenvalue weighted by Crippen LogP contribution is -2.26. The van der Waals surface area contributed by atoms with Crippen LogP contribution < -0.4 is 4.72 Å². The summed E-state index contributed by atoms with van der Waals surface area (Å²) in [4.78, 5) is 13.8. The Balaban J connectivity index is 1.71. The highest BCUT2D eigenvalue weighted by atomic mass is 79.9. The molecule has 3 rings (SSSR count). The molecular weight excluding hydrogens is 478 g/mol. The summed E-state index contributed by atoms with van der Waals surface area (Å²) in [5, 5.41) is 0. The Bertz CT molecular complexity index is 1190. The van der Waals surface area contributed by atoms with Crippen LogP contribution >= 0.6 is 15.9 Å². The van der Waals surface area contributed by atoms with Crippen molar-refractivity contribution < 1.29 is 22.0 Å². The summed E-state index contributed by atoms with van der Waals surface area (Å²) in [5.41, 5.74) is 1.51. The summed E-state index contributed by atoms with van der Waals surface area (Å²) in [7, 11) is -2.44. The summed E-state index contributed by atoms with van der Waals surface area (Å²) >= 11 is 3.45. The smallest absolute Gasteiger partial charge is 0.261 e. The Labute approximate surface area is 181 Å². The molecule has 9 heteroatoms. The molecule has 156 valence electrons. The summed E-state index contributed by atoms with van der Waals surface area (Å²) in [5.74, 6) is -2.63. The maximum absolute atomic E-state index is 13.3. The number of sulfonamides is 1. The molecule has 30 heavy (non-hydrogen) atoms. The number of anilines is 1. The fourth-order valence-electron chi connectivity index (χ4n) is 2.71. The molecule has 0 atom stereocenters. The van der Waals surface area contributed by atoms with E-state index < -0.39 is 26.6 Å². The van der Waals surface area contributed by atoms with Gasteiger partial charge in [-0.2, -0.15) is 0 Å². The molecule has 3 aromatic carbocycles. The quantitative estimate of drug-likeness (QED) is 0.535. The Hall–Kier alpha value is -2.78. The van der Waals surface area contributed by atoms with Gasteiger partial charge in [-0.1, -0.05) is 34.1 Å². The van der Waals surface area contributed by atoms with E-state index in [2.05, 4.69) is 20.7 Å². The fraction of sp³-hybridized carbons (Fsp3) is 0.0952. The fourth-order valence-corrected chi connectivity index (χ4v) is 4.19. The lowest BCUT2D eigenvalue weighted by molar-refractivity contribution is 0.0785. The van der Waals surface area contributed by atoms with Crippen LogP contribution in [0.4, 0.5) is 14.5 Å². The van der Waals surface area contributed by atoms with Gasteiger partial charge in [0.05, 0.1) is 4.90 Å². The summed E-state index contributed by atoms with van der Waals surface area (Å²) < 4.78 is 54.2. The molecule has 0 aliphatic rings. The predicted molar refractivity (Wildman–Crippen MR) is 114 cm³/mol. The number of nitrogens with one attached hydrogen (secondary N) is 1. The first kappa shape index (κ1) is 21.9. The summed E-state index contributed by atoms with van der Waals surface area (Å²) in [6.45, 7) is 0.394. The molecule has 1 amide bonds. The Morgan fingerprint density at radius 1 is 1.00 bits per heavy atom. The lowest BCUT2D eigenvalue weighted by Gasteiger charge is -2.18. The van der Waals surface area contributed by atoms with E-state index in [1.807, 2.05) is 24.3 Å². The zero-order valence-corrected chi connectivity index (χ0v) is 18.2. The molecule has 0 spiro atoms. The van der Waals surface area contributed by atoms with Crippen molar-refractivity contribution >= 4 is 37.5 Å². The largest absolute Gasteiger partial charge is 0.337 e. The maximum Gasteiger partial charge on any atom is 0.261 e. The molecule has 3 aromatic rings. The highest BCUT2D eigenvalue weighted by molar-refractivity contribution is 9.10. The molecule has 5 nitrogen and oxygen atoms in total. The van der Waals surface area contributed by atoms with Gasteiger partial charge in [-0.05, 0) is 54.1 Å². The minimum Gasteiger partial charge on any atom is -0.337 e. The van der Waals surface area contributed by atoms with Crippen LogP contribution in [0, 0.1) is 11.6 Å². The number of carbonyl (C=O) groups is 1. The van der Waals surface area contributed by atoms with Gasteiger partial charge in [0.15, 0.2) is 11.6 Å². The molecule has 0 aliphatic heterocycles. The van der Waals surface area contributed by atoms with Gasteiger partial charge in [0, 0.05) is 29.3 Å². The number of rotatable bonds is 6. The van der Waals surface area contributed by atoms with Crippen LogP contribution in [0.15, 0.2) is 76.1 Å². The van der Waals surface area contributed by atoms with Gasteiger partial charge in [-0.15, -0.1) is 0 Å². The molecule has 0 saturated heterocycles. The molecule has 0 radical (unpaired) electrons. The van der Waals surface area contributed by atoms with Crippen molar-refractivity contribution in [1.29, 1.82) is 0 Å². The van der Waals surface area contributed by atoms with Crippen LogP contribution in [0.2, 0.25) is 0 Å². The van der Waals surface area contributed by atoms with Gasteiger partial charge < -0.3 is 4.90 Å². The molecule has 0 unspecified atom stereocenters. The van der Waals surface area contributed by atoms with Crippen LogP contribution in [0.5, 0.6) is 0 Å². The van der Waals surface area contributed by atoms with E-state index in [4.69, 9.17) is 0 Å². The average Bonchev–Trinajstić information content (AvgIpc) is 2.71. The number of amides is 1. The molecule has 0 aromatic heterocycles. The van der Waals surface area contributed by atoms with Crippen molar-refractivity contribution in [3.8, 4) is 0 Å². The molecule has 0 saturated carbocycles. The monoisotopic (exact) mass is 494 g/mol. The second-order valence-corrected chi connectivity index (χ2v) is 9.05. The first-order valence-electron chi connectivity index (χ1n) is 8.74. The van der Waals surface area contributed by atoms with Crippen LogP contribution in [-0.4, -0.2) is 26.3 Å². The average molecular weight is 495 g/mol. The number of halogens is 3. The minimum absolute atomic E-state index is 0.185. The van der Waals surface area contributed by atoms with Gasteiger partial charge in [0.25, 0.3) is 15.9 Å². The van der Waals surface area contributed by atoms with Crippen LogP contribution in [-0.2, 0) is 16.6 Å². The SMILES string of the molecule is CN(Cc1ccccc1Br)C(=O)c1ccc(NS(=O)(=O)c2ccc(F)c(F)c2)cc1. The summed E-state index contributed by atoms with van der Waals surface area (Å²) in [6.07, 6.45) is 0. The van der Waals surface area contributed by atoms with Gasteiger partial charge in [-0.25, -0.2) is 17.2 Å². The Morgan fingerprint density at radius 2 is 1.67 bits per heavy atom. The predicted octanol–water partition coefficient (Wildman–Crippen LogP) is 4.80. The zero-order valence-electron chi connectivity index (χ0n) is 15.8. The van der Waals surface area contributed by atoms with Crippen LogP contribution in [0.3, 0.4) is 0 Å². The first-order chi connectivity index (χ1) is 14.2. The zero-order chi connectivity index (χ0) is 21.9. The second-order valence-electron chi connectivity index (χ2n) is 6.51. The number of nitrogens with zero attached hydrogens (tertiary/aromatic N) is 1. The van der Waals surface area contributed by atoms with E-state index >= 15 is 0 Å². The van der Waals surface area contributed by atoms with Crippen LogP contribution in [0.25, 0.3) is 0 Å². The van der Waals surface area contributed by atoms with Crippen molar-refractivity contribution in [2.45, 2.75) is 11.4 Å². The Morgan fingerprint density at radius 3 is 2.30 bits per heavy atom. The molecule has 0 bridgehead atoms. The lowest BCUT2D eigenvalue weighted by atomic mass is 10.1. The minimum atomic E-state index is -4.10. The first-order valence-corrected chi connectivity index (χ1v) is 11.0. The third-order valence-electron chi connectivity index (χ3n) is 4.30. The maximum atomic E-state index is 13.3. The molecule has 0 heterocycles. The van der Waals surface area contributed by atoms with E-state index in [9.17, 15) is 22.0 Å². The normalized spacial score (nSPS) is 11.2. The molecule has 1 N–H and O–H groups in total. The number of benzene rings is 3. The Kier molecular flexibility index (Phi) is 6.52. The van der Waals surface area contributed by atoms with E-state index in [-0.39, 0.29) is 11.6 Å². The highest BCUT2D eigenvalue weighted by Gasteiger charge is 2.18.